The predicted molar refractivity (Wildman–Crippen MR) is 67.1 cm³/mol. The van der Waals surface area contributed by atoms with Gasteiger partial charge in [-0.3, -0.25) is 9.48 Å². The second-order valence-corrected chi connectivity index (χ2v) is 5.49. The number of hydrogen-bond donors (Lipinski definition) is 1. The van der Waals surface area contributed by atoms with E-state index >= 15 is 0 Å². The molecule has 0 aromatic carbocycles. The molecule has 1 aliphatic carbocycles. The Labute approximate surface area is 115 Å². The Kier molecular flexibility index (Phi) is 4.06. The molecular formula is C13H18F3N3O. The van der Waals surface area contributed by atoms with Crippen LogP contribution in [0.1, 0.15) is 48.7 Å². The van der Waals surface area contributed by atoms with Crippen molar-refractivity contribution in [2.45, 2.75) is 44.8 Å². The highest BCUT2D eigenvalue weighted by atomic mass is 19.4. The molecule has 1 saturated carbocycles. The Hall–Kier alpha value is -1.53. The van der Waals surface area contributed by atoms with Crippen LogP contribution in [0.25, 0.3) is 0 Å². The summed E-state index contributed by atoms with van der Waals surface area (Å²) < 4.78 is 39.4. The highest BCUT2D eigenvalue weighted by Crippen LogP contribution is 2.31. The van der Waals surface area contributed by atoms with E-state index < -0.39 is 23.3 Å². The van der Waals surface area contributed by atoms with Gasteiger partial charge in [0, 0.05) is 19.3 Å². The van der Waals surface area contributed by atoms with Crippen LogP contribution in [0.4, 0.5) is 13.2 Å². The van der Waals surface area contributed by atoms with Crippen LogP contribution in [-0.2, 0) is 13.2 Å². The molecule has 1 aromatic heterocycles. The third kappa shape index (κ3) is 3.32. The first-order valence-electron chi connectivity index (χ1n) is 6.69. The molecule has 1 N–H and O–H groups in total. The van der Waals surface area contributed by atoms with E-state index in [2.05, 4.69) is 17.3 Å². The van der Waals surface area contributed by atoms with Crippen molar-refractivity contribution in [2.75, 3.05) is 0 Å². The molecule has 1 fully saturated rings. The van der Waals surface area contributed by atoms with Gasteiger partial charge in [0.2, 0.25) is 0 Å². The molecular weight excluding hydrogens is 271 g/mol. The monoisotopic (exact) mass is 289 g/mol. The van der Waals surface area contributed by atoms with Gasteiger partial charge in [0.05, 0.1) is 5.56 Å². The molecule has 0 saturated heterocycles. The highest BCUT2D eigenvalue weighted by Gasteiger charge is 2.39. The summed E-state index contributed by atoms with van der Waals surface area (Å²) in [6.45, 7) is 2.14. The smallest absolute Gasteiger partial charge is 0.349 e. The molecule has 20 heavy (non-hydrogen) atoms. The minimum atomic E-state index is -4.62. The summed E-state index contributed by atoms with van der Waals surface area (Å²) in [5.74, 6) is -0.0720. The third-order valence-corrected chi connectivity index (χ3v) is 3.69. The van der Waals surface area contributed by atoms with E-state index in [4.69, 9.17) is 0 Å². The summed E-state index contributed by atoms with van der Waals surface area (Å²) in [5.41, 5.74) is -1.53. The first-order valence-corrected chi connectivity index (χ1v) is 6.69. The minimum Gasteiger partial charge on any atom is -0.349 e. The van der Waals surface area contributed by atoms with Crippen LogP contribution in [0, 0.1) is 5.92 Å². The Bertz CT molecular complexity index is 488. The molecule has 1 aliphatic rings. The fourth-order valence-electron chi connectivity index (χ4n) is 2.53. The van der Waals surface area contributed by atoms with Crippen LogP contribution in [0.5, 0.6) is 0 Å². The average Bonchev–Trinajstić information content (AvgIpc) is 2.74. The molecule has 0 atom stereocenters. The molecule has 112 valence electrons. The van der Waals surface area contributed by atoms with E-state index in [0.29, 0.717) is 5.92 Å². The average molecular weight is 289 g/mol. The number of aryl methyl sites for hydroxylation is 1. The molecule has 2 rings (SSSR count). The summed E-state index contributed by atoms with van der Waals surface area (Å²) in [4.78, 5) is 12.0. The van der Waals surface area contributed by atoms with Gasteiger partial charge < -0.3 is 5.32 Å². The van der Waals surface area contributed by atoms with Gasteiger partial charge in [0.15, 0.2) is 5.69 Å². The Balaban J connectivity index is 2.10. The van der Waals surface area contributed by atoms with Crippen LogP contribution in [-0.4, -0.2) is 21.7 Å². The topological polar surface area (TPSA) is 46.9 Å². The molecule has 0 aliphatic heterocycles. The Morgan fingerprint density at radius 1 is 1.35 bits per heavy atom. The van der Waals surface area contributed by atoms with E-state index in [1.807, 2.05) is 0 Å². The summed E-state index contributed by atoms with van der Waals surface area (Å²) in [6, 6.07) is -0.0417. The molecule has 0 spiro atoms. The van der Waals surface area contributed by atoms with Gasteiger partial charge in [-0.15, -0.1) is 0 Å². The number of alkyl halides is 3. The molecule has 1 aromatic rings. The maximum Gasteiger partial charge on any atom is 0.435 e. The zero-order valence-electron chi connectivity index (χ0n) is 11.5. The zero-order valence-corrected chi connectivity index (χ0v) is 11.5. The summed E-state index contributed by atoms with van der Waals surface area (Å²) in [7, 11) is 1.37. The van der Waals surface area contributed by atoms with E-state index in [9.17, 15) is 18.0 Å². The summed E-state index contributed by atoms with van der Waals surface area (Å²) in [6.07, 6.45) is 0.107. The maximum absolute atomic E-state index is 12.8. The molecule has 4 nitrogen and oxygen atoms in total. The number of nitrogens with zero attached hydrogens (tertiary/aromatic N) is 2. The number of aromatic nitrogens is 2. The third-order valence-electron chi connectivity index (χ3n) is 3.69. The number of halogens is 3. The molecule has 7 heteroatoms. The van der Waals surface area contributed by atoms with Crippen molar-refractivity contribution in [3.63, 3.8) is 0 Å². The van der Waals surface area contributed by atoms with Crippen molar-refractivity contribution in [2.24, 2.45) is 13.0 Å². The SMILES string of the molecule is CC1CCC(NC(=O)c2cn(C)nc2C(F)(F)F)CC1. The van der Waals surface area contributed by atoms with E-state index in [-0.39, 0.29) is 6.04 Å². The standard InChI is InChI=1S/C13H18F3N3O/c1-8-3-5-9(6-4-8)17-12(20)10-7-19(2)18-11(10)13(14,15)16/h7-9H,3-6H2,1-2H3,(H,17,20). The second-order valence-electron chi connectivity index (χ2n) is 5.49. The molecule has 0 unspecified atom stereocenters. The van der Waals surface area contributed by atoms with Gasteiger partial charge in [0.1, 0.15) is 0 Å². The van der Waals surface area contributed by atoms with Crippen molar-refractivity contribution >= 4 is 5.91 Å². The lowest BCUT2D eigenvalue weighted by Crippen LogP contribution is -2.38. The molecule has 0 bridgehead atoms. The van der Waals surface area contributed by atoms with Gasteiger partial charge in [-0.05, 0) is 31.6 Å². The Morgan fingerprint density at radius 2 is 1.95 bits per heavy atom. The number of rotatable bonds is 2. The van der Waals surface area contributed by atoms with E-state index in [1.54, 1.807) is 0 Å². The van der Waals surface area contributed by atoms with Gasteiger partial charge >= 0.3 is 6.18 Å². The normalized spacial score (nSPS) is 23.6. The minimum absolute atomic E-state index is 0.0417. The van der Waals surface area contributed by atoms with Crippen molar-refractivity contribution < 1.29 is 18.0 Å². The number of carbonyl (C=O) groups excluding carboxylic acids is 1. The van der Waals surface area contributed by atoms with Crippen molar-refractivity contribution in [1.29, 1.82) is 0 Å². The van der Waals surface area contributed by atoms with Crippen LogP contribution >= 0.6 is 0 Å². The van der Waals surface area contributed by atoms with Crippen LogP contribution < -0.4 is 5.32 Å². The number of nitrogens with one attached hydrogen (secondary N) is 1. The molecule has 0 radical (unpaired) electrons. The van der Waals surface area contributed by atoms with E-state index in [0.717, 1.165) is 36.6 Å². The van der Waals surface area contributed by atoms with Gasteiger partial charge in [-0.25, -0.2) is 0 Å². The fraction of sp³-hybridized carbons (Fsp3) is 0.692. The fourth-order valence-corrected chi connectivity index (χ4v) is 2.53. The Morgan fingerprint density at radius 3 is 2.50 bits per heavy atom. The first-order chi connectivity index (χ1) is 9.27. The summed E-state index contributed by atoms with van der Waals surface area (Å²) >= 11 is 0. The van der Waals surface area contributed by atoms with Gasteiger partial charge in [-0.2, -0.15) is 18.3 Å². The number of carbonyl (C=O) groups is 1. The molecule has 1 amide bonds. The zero-order chi connectivity index (χ0) is 14.9. The number of amides is 1. The molecule has 1 heterocycles. The lowest BCUT2D eigenvalue weighted by Gasteiger charge is -2.26. The van der Waals surface area contributed by atoms with E-state index in [1.165, 1.54) is 7.05 Å². The van der Waals surface area contributed by atoms with Crippen LogP contribution in [0.2, 0.25) is 0 Å². The largest absolute Gasteiger partial charge is 0.435 e. The van der Waals surface area contributed by atoms with Crippen LogP contribution in [0.15, 0.2) is 6.20 Å². The van der Waals surface area contributed by atoms with Crippen molar-refractivity contribution in [1.82, 2.24) is 15.1 Å². The lowest BCUT2D eigenvalue weighted by molar-refractivity contribution is -0.141. The van der Waals surface area contributed by atoms with Crippen molar-refractivity contribution in [3.8, 4) is 0 Å². The first kappa shape index (κ1) is 14.9. The van der Waals surface area contributed by atoms with Gasteiger partial charge in [0.25, 0.3) is 5.91 Å². The van der Waals surface area contributed by atoms with Gasteiger partial charge in [-0.1, -0.05) is 6.92 Å². The summed E-state index contributed by atoms with van der Waals surface area (Å²) in [5, 5.41) is 6.03. The highest BCUT2D eigenvalue weighted by molar-refractivity contribution is 5.95. The van der Waals surface area contributed by atoms with Crippen LogP contribution in [0.3, 0.4) is 0 Å². The quantitative estimate of drug-likeness (QED) is 0.910. The second kappa shape index (κ2) is 5.46. The maximum atomic E-state index is 12.8. The predicted octanol–water partition coefficient (Wildman–Crippen LogP) is 2.75. The lowest BCUT2D eigenvalue weighted by atomic mass is 9.87. The number of hydrogen-bond acceptors (Lipinski definition) is 2. The van der Waals surface area contributed by atoms with Crippen molar-refractivity contribution in [3.05, 3.63) is 17.5 Å².